The summed E-state index contributed by atoms with van der Waals surface area (Å²) in [6.45, 7) is 6.15. The average molecular weight is 324 g/mol. The molecule has 0 amide bonds. The third-order valence-corrected chi connectivity index (χ3v) is 4.79. The van der Waals surface area contributed by atoms with E-state index in [0.29, 0.717) is 0 Å². The Labute approximate surface area is 143 Å². The summed E-state index contributed by atoms with van der Waals surface area (Å²) < 4.78 is 5.82. The fraction of sp³-hybridized carbons (Fsp3) is 0.474. The van der Waals surface area contributed by atoms with Crippen molar-refractivity contribution in [2.45, 2.75) is 45.3 Å². The Hall–Kier alpha value is -2.14. The highest BCUT2D eigenvalue weighted by Gasteiger charge is 2.22. The molecule has 2 atom stereocenters. The number of ether oxygens (including phenoxy) is 1. The van der Waals surface area contributed by atoms with Gasteiger partial charge in [-0.3, -0.25) is 0 Å². The molecule has 1 N–H and O–H groups in total. The van der Waals surface area contributed by atoms with Crippen molar-refractivity contribution in [3.05, 3.63) is 41.9 Å². The van der Waals surface area contributed by atoms with E-state index in [1.807, 2.05) is 0 Å². The van der Waals surface area contributed by atoms with Crippen LogP contribution in [0, 0.1) is 0 Å². The molecule has 5 heteroatoms. The third-order valence-electron chi connectivity index (χ3n) is 4.79. The largest absolute Gasteiger partial charge is 0.372 e. The lowest BCUT2D eigenvalue weighted by Gasteiger charge is -2.36. The predicted molar refractivity (Wildman–Crippen MR) is 96.0 cm³/mol. The summed E-state index contributed by atoms with van der Waals surface area (Å²) in [7, 11) is 0. The van der Waals surface area contributed by atoms with Gasteiger partial charge in [0.15, 0.2) is 0 Å². The zero-order valence-electron chi connectivity index (χ0n) is 14.3. The maximum Gasteiger partial charge on any atom is 0.137 e. The number of nitrogens with zero attached hydrogens (tertiary/aromatic N) is 3. The number of benzene rings is 1. The van der Waals surface area contributed by atoms with Gasteiger partial charge in [0.25, 0.3) is 0 Å². The predicted octanol–water partition coefficient (Wildman–Crippen LogP) is 3.32. The number of aromatic nitrogens is 2. The monoisotopic (exact) mass is 324 g/mol. The fourth-order valence-corrected chi connectivity index (χ4v) is 3.75. The summed E-state index contributed by atoms with van der Waals surface area (Å²) in [5.74, 6) is 0.957. The fourth-order valence-electron chi connectivity index (χ4n) is 3.75. The van der Waals surface area contributed by atoms with Crippen molar-refractivity contribution < 1.29 is 4.74 Å². The molecule has 1 aliphatic heterocycles. The van der Waals surface area contributed by atoms with Crippen molar-refractivity contribution in [2.24, 2.45) is 0 Å². The third kappa shape index (κ3) is 3.08. The van der Waals surface area contributed by atoms with E-state index >= 15 is 0 Å². The molecule has 0 saturated carbocycles. The highest BCUT2D eigenvalue weighted by Crippen LogP contribution is 2.28. The van der Waals surface area contributed by atoms with E-state index in [1.54, 1.807) is 6.33 Å². The van der Waals surface area contributed by atoms with Crippen molar-refractivity contribution >= 4 is 17.2 Å². The number of hydrogen-bond donors (Lipinski definition) is 1. The lowest BCUT2D eigenvalue weighted by atomic mass is 10.2. The van der Waals surface area contributed by atoms with E-state index in [4.69, 9.17) is 4.74 Å². The zero-order valence-corrected chi connectivity index (χ0v) is 14.3. The van der Waals surface area contributed by atoms with Crippen LogP contribution >= 0.6 is 0 Å². The molecular formula is C19H24N4O. The summed E-state index contributed by atoms with van der Waals surface area (Å²) in [6.07, 6.45) is 5.52. The summed E-state index contributed by atoms with van der Waals surface area (Å²) >= 11 is 0. The highest BCUT2D eigenvalue weighted by atomic mass is 16.5. The van der Waals surface area contributed by atoms with Crippen molar-refractivity contribution in [3.63, 3.8) is 0 Å². The topological polar surface area (TPSA) is 50.3 Å². The van der Waals surface area contributed by atoms with Crippen molar-refractivity contribution in [3.8, 4) is 0 Å². The molecule has 0 spiro atoms. The van der Waals surface area contributed by atoms with Crippen molar-refractivity contribution in [2.75, 3.05) is 23.3 Å². The van der Waals surface area contributed by atoms with Gasteiger partial charge in [0.05, 0.1) is 12.2 Å². The van der Waals surface area contributed by atoms with Gasteiger partial charge in [0, 0.05) is 35.7 Å². The van der Waals surface area contributed by atoms with E-state index in [2.05, 4.69) is 58.3 Å². The van der Waals surface area contributed by atoms with Gasteiger partial charge in [0.1, 0.15) is 12.1 Å². The van der Waals surface area contributed by atoms with Crippen LogP contribution in [0.5, 0.6) is 0 Å². The Balaban J connectivity index is 1.49. The van der Waals surface area contributed by atoms with E-state index in [-0.39, 0.29) is 12.2 Å². The number of aryl methyl sites for hydroxylation is 1. The molecule has 126 valence electrons. The molecule has 2 unspecified atom stereocenters. The van der Waals surface area contributed by atoms with E-state index in [0.717, 1.165) is 37.4 Å². The van der Waals surface area contributed by atoms with Crippen LogP contribution in [-0.2, 0) is 17.6 Å². The number of fused-ring (bicyclic) bond motifs is 1. The first-order valence-corrected chi connectivity index (χ1v) is 8.79. The van der Waals surface area contributed by atoms with Gasteiger partial charge < -0.3 is 15.0 Å². The summed E-state index contributed by atoms with van der Waals surface area (Å²) in [4.78, 5) is 11.2. The summed E-state index contributed by atoms with van der Waals surface area (Å²) in [6, 6.07) is 8.61. The minimum Gasteiger partial charge on any atom is -0.372 e. The standard InChI is InChI=1S/C19H24N4O/c1-13-10-23(11-14(2)24-13)16-8-6-15(7-9-16)22-19-17-4-3-5-18(17)20-12-21-19/h6-9,12-14H,3-5,10-11H2,1-2H3,(H,20,21,22). The minimum absolute atomic E-state index is 0.273. The van der Waals surface area contributed by atoms with Gasteiger partial charge >= 0.3 is 0 Å². The molecule has 1 aromatic carbocycles. The Kier molecular flexibility index (Phi) is 4.10. The van der Waals surface area contributed by atoms with Crippen LogP contribution in [0.2, 0.25) is 0 Å². The molecule has 0 radical (unpaired) electrons. The Bertz CT molecular complexity index is 706. The number of hydrogen-bond acceptors (Lipinski definition) is 5. The molecule has 4 rings (SSSR count). The van der Waals surface area contributed by atoms with Gasteiger partial charge in [-0.15, -0.1) is 0 Å². The maximum absolute atomic E-state index is 5.82. The quantitative estimate of drug-likeness (QED) is 0.938. The lowest BCUT2D eigenvalue weighted by Crippen LogP contribution is -2.45. The van der Waals surface area contributed by atoms with Crippen LogP contribution in [-0.4, -0.2) is 35.3 Å². The first-order valence-electron chi connectivity index (χ1n) is 8.79. The van der Waals surface area contributed by atoms with Crippen molar-refractivity contribution in [1.82, 2.24) is 9.97 Å². The molecule has 1 saturated heterocycles. The number of morpholine rings is 1. The Morgan fingerprint density at radius 1 is 1.04 bits per heavy atom. The van der Waals surface area contributed by atoms with Crippen molar-refractivity contribution in [1.29, 1.82) is 0 Å². The molecule has 1 fully saturated rings. The molecule has 1 aliphatic carbocycles. The van der Waals surface area contributed by atoms with Gasteiger partial charge in [0.2, 0.25) is 0 Å². The summed E-state index contributed by atoms with van der Waals surface area (Å²) in [5, 5.41) is 3.46. The number of nitrogens with one attached hydrogen (secondary N) is 1. The van der Waals surface area contributed by atoms with Gasteiger partial charge in [-0.2, -0.15) is 0 Å². The van der Waals surface area contributed by atoms with Gasteiger partial charge in [-0.05, 0) is 57.4 Å². The SMILES string of the molecule is CC1CN(c2ccc(Nc3ncnc4c3CCC4)cc2)CC(C)O1. The molecular weight excluding hydrogens is 300 g/mol. The highest BCUT2D eigenvalue weighted by molar-refractivity contribution is 5.63. The van der Waals surface area contributed by atoms with Crippen LogP contribution in [0.1, 0.15) is 31.5 Å². The van der Waals surface area contributed by atoms with Crippen LogP contribution in [0.25, 0.3) is 0 Å². The minimum atomic E-state index is 0.273. The molecule has 0 bridgehead atoms. The second-order valence-corrected chi connectivity index (χ2v) is 6.84. The van der Waals surface area contributed by atoms with Crippen LogP contribution in [0.15, 0.2) is 30.6 Å². The smallest absolute Gasteiger partial charge is 0.137 e. The second kappa shape index (κ2) is 6.40. The van der Waals surface area contributed by atoms with Crippen LogP contribution in [0.4, 0.5) is 17.2 Å². The average Bonchev–Trinajstić information content (AvgIpc) is 3.04. The molecule has 1 aromatic heterocycles. The molecule has 24 heavy (non-hydrogen) atoms. The molecule has 5 nitrogen and oxygen atoms in total. The second-order valence-electron chi connectivity index (χ2n) is 6.84. The number of anilines is 3. The Morgan fingerprint density at radius 2 is 1.79 bits per heavy atom. The van der Waals surface area contributed by atoms with E-state index in [1.165, 1.54) is 23.4 Å². The van der Waals surface area contributed by atoms with Crippen LogP contribution < -0.4 is 10.2 Å². The van der Waals surface area contributed by atoms with E-state index in [9.17, 15) is 0 Å². The van der Waals surface area contributed by atoms with E-state index < -0.39 is 0 Å². The Morgan fingerprint density at radius 3 is 2.54 bits per heavy atom. The first kappa shape index (κ1) is 15.4. The number of rotatable bonds is 3. The summed E-state index contributed by atoms with van der Waals surface area (Å²) in [5.41, 5.74) is 4.79. The molecule has 2 aliphatic rings. The van der Waals surface area contributed by atoms with Gasteiger partial charge in [-0.1, -0.05) is 0 Å². The maximum atomic E-state index is 5.82. The normalized spacial score (nSPS) is 23.2. The lowest BCUT2D eigenvalue weighted by molar-refractivity contribution is -0.00521. The molecule has 2 aromatic rings. The molecule has 2 heterocycles. The first-order chi connectivity index (χ1) is 11.7. The van der Waals surface area contributed by atoms with Crippen LogP contribution in [0.3, 0.4) is 0 Å². The zero-order chi connectivity index (χ0) is 16.5. The van der Waals surface area contributed by atoms with Gasteiger partial charge in [-0.25, -0.2) is 9.97 Å².